The number of methoxy groups -OCH3 is 1. The van der Waals surface area contributed by atoms with Crippen LogP contribution < -0.4 is 20.2 Å². The van der Waals surface area contributed by atoms with E-state index in [1.807, 2.05) is 26.8 Å². The molecule has 0 radical (unpaired) electrons. The number of halogens is 1. The van der Waals surface area contributed by atoms with Gasteiger partial charge < -0.3 is 14.8 Å². The molecular weight excluding hydrogens is 430 g/mol. The topological polar surface area (TPSA) is 82.5 Å². The third-order valence-electron chi connectivity index (χ3n) is 4.79. The highest BCUT2D eigenvalue weighted by molar-refractivity contribution is 6.30. The van der Waals surface area contributed by atoms with Gasteiger partial charge >= 0.3 is 0 Å². The fourth-order valence-electron chi connectivity index (χ4n) is 3.20. The van der Waals surface area contributed by atoms with Gasteiger partial charge in [0.2, 0.25) is 5.43 Å². The standard InChI is InChI=1S/C24H26ClN3O4/c1-14(2)32-21-11-6-17(13-22(21)31-5)16(4)26-24(30)23-20(29)12-15(3)28(27-23)19-9-7-18(25)8-10-19/h6-14,16H,1-5H3,(H,26,30). The lowest BCUT2D eigenvalue weighted by Crippen LogP contribution is -2.33. The Bertz CT molecular complexity index is 1170. The van der Waals surface area contributed by atoms with Crippen molar-refractivity contribution in [2.75, 3.05) is 7.11 Å². The lowest BCUT2D eigenvalue weighted by molar-refractivity contribution is 0.0931. The molecule has 0 aliphatic carbocycles. The zero-order chi connectivity index (χ0) is 23.4. The van der Waals surface area contributed by atoms with Crippen LogP contribution in [-0.4, -0.2) is 28.9 Å². The van der Waals surface area contributed by atoms with Crippen molar-refractivity contribution in [1.82, 2.24) is 15.1 Å². The van der Waals surface area contributed by atoms with Gasteiger partial charge in [0, 0.05) is 16.8 Å². The highest BCUT2D eigenvalue weighted by Crippen LogP contribution is 2.31. The van der Waals surface area contributed by atoms with Gasteiger partial charge in [0.05, 0.1) is 24.9 Å². The van der Waals surface area contributed by atoms with Gasteiger partial charge in [-0.05, 0) is 69.7 Å². The Balaban J connectivity index is 1.86. The molecule has 0 fully saturated rings. The van der Waals surface area contributed by atoms with E-state index >= 15 is 0 Å². The Hall–Kier alpha value is -3.32. The van der Waals surface area contributed by atoms with Gasteiger partial charge in [-0.25, -0.2) is 4.68 Å². The number of hydrogen-bond acceptors (Lipinski definition) is 5. The molecule has 0 bridgehead atoms. The van der Waals surface area contributed by atoms with Gasteiger partial charge in [0.15, 0.2) is 17.2 Å². The van der Waals surface area contributed by atoms with Gasteiger partial charge in [-0.15, -0.1) is 0 Å². The maximum Gasteiger partial charge on any atom is 0.276 e. The number of nitrogens with zero attached hydrogens (tertiary/aromatic N) is 2. The molecule has 168 valence electrons. The first-order valence-electron chi connectivity index (χ1n) is 10.2. The number of aromatic nitrogens is 2. The average molecular weight is 456 g/mol. The lowest BCUT2D eigenvalue weighted by atomic mass is 10.1. The van der Waals surface area contributed by atoms with Crippen LogP contribution in [0.15, 0.2) is 53.3 Å². The van der Waals surface area contributed by atoms with Gasteiger partial charge in [0.25, 0.3) is 5.91 Å². The smallest absolute Gasteiger partial charge is 0.276 e. The first-order valence-corrected chi connectivity index (χ1v) is 10.6. The molecule has 3 rings (SSSR count). The van der Waals surface area contributed by atoms with Gasteiger partial charge in [-0.1, -0.05) is 17.7 Å². The number of hydrogen-bond donors (Lipinski definition) is 1. The van der Waals surface area contributed by atoms with E-state index in [0.717, 1.165) is 5.56 Å². The first-order chi connectivity index (χ1) is 15.2. The second kappa shape index (κ2) is 9.87. The molecule has 32 heavy (non-hydrogen) atoms. The summed E-state index contributed by atoms with van der Waals surface area (Å²) in [6.45, 7) is 7.44. The summed E-state index contributed by atoms with van der Waals surface area (Å²) < 4.78 is 12.7. The Morgan fingerprint density at radius 2 is 1.75 bits per heavy atom. The van der Waals surface area contributed by atoms with E-state index in [-0.39, 0.29) is 11.8 Å². The molecule has 1 N–H and O–H groups in total. The van der Waals surface area contributed by atoms with Crippen LogP contribution in [0.4, 0.5) is 0 Å². The minimum Gasteiger partial charge on any atom is -0.493 e. The second-order valence-electron chi connectivity index (χ2n) is 7.66. The molecule has 1 amide bonds. The highest BCUT2D eigenvalue weighted by atomic mass is 35.5. The fourth-order valence-corrected chi connectivity index (χ4v) is 3.33. The van der Waals surface area contributed by atoms with E-state index < -0.39 is 17.4 Å². The van der Waals surface area contributed by atoms with E-state index in [9.17, 15) is 9.59 Å². The number of rotatable bonds is 7. The molecule has 0 spiro atoms. The minimum atomic E-state index is -0.563. The number of nitrogens with one attached hydrogen (secondary N) is 1. The Morgan fingerprint density at radius 3 is 2.38 bits per heavy atom. The summed E-state index contributed by atoms with van der Waals surface area (Å²) in [4.78, 5) is 25.4. The van der Waals surface area contributed by atoms with Gasteiger partial charge in [-0.3, -0.25) is 9.59 Å². The van der Waals surface area contributed by atoms with Crippen molar-refractivity contribution >= 4 is 17.5 Å². The van der Waals surface area contributed by atoms with E-state index in [4.69, 9.17) is 21.1 Å². The minimum absolute atomic E-state index is 0.00213. The lowest BCUT2D eigenvalue weighted by Gasteiger charge is -2.18. The Labute approximate surface area is 191 Å². The molecule has 1 heterocycles. The largest absolute Gasteiger partial charge is 0.493 e. The monoisotopic (exact) mass is 455 g/mol. The summed E-state index contributed by atoms with van der Waals surface area (Å²) in [6, 6.07) is 13.4. The predicted octanol–water partition coefficient (Wildman–Crippen LogP) is 4.48. The second-order valence-corrected chi connectivity index (χ2v) is 8.10. The molecule has 0 aliphatic rings. The van der Waals surface area contributed by atoms with Crippen LogP contribution >= 0.6 is 11.6 Å². The molecule has 8 heteroatoms. The number of ether oxygens (including phenoxy) is 2. The zero-order valence-corrected chi connectivity index (χ0v) is 19.4. The Morgan fingerprint density at radius 1 is 1.06 bits per heavy atom. The molecule has 1 atom stereocenters. The highest BCUT2D eigenvalue weighted by Gasteiger charge is 2.19. The third kappa shape index (κ3) is 5.29. The average Bonchev–Trinajstić information content (AvgIpc) is 2.74. The summed E-state index contributed by atoms with van der Waals surface area (Å²) in [5, 5.41) is 7.73. The number of amides is 1. The van der Waals surface area contributed by atoms with Crippen LogP contribution in [0.2, 0.25) is 5.02 Å². The van der Waals surface area contributed by atoms with E-state index in [1.54, 1.807) is 55.1 Å². The molecule has 1 unspecified atom stereocenters. The van der Waals surface area contributed by atoms with E-state index in [1.165, 1.54) is 6.07 Å². The summed E-state index contributed by atoms with van der Waals surface area (Å²) in [5.41, 5.74) is 1.46. The maximum absolute atomic E-state index is 12.9. The van der Waals surface area contributed by atoms with Crippen molar-refractivity contribution in [3.8, 4) is 17.2 Å². The van der Waals surface area contributed by atoms with Crippen LogP contribution in [0.3, 0.4) is 0 Å². The molecule has 3 aromatic rings. The molecule has 0 saturated heterocycles. The zero-order valence-electron chi connectivity index (χ0n) is 18.7. The molecule has 0 aliphatic heterocycles. The van der Waals surface area contributed by atoms with Crippen molar-refractivity contribution in [3.05, 3.63) is 80.7 Å². The summed E-state index contributed by atoms with van der Waals surface area (Å²) in [5.74, 6) is 0.623. The maximum atomic E-state index is 12.9. The number of carbonyl (C=O) groups excluding carboxylic acids is 1. The summed E-state index contributed by atoms with van der Waals surface area (Å²) in [6.07, 6.45) is 0.00213. The predicted molar refractivity (Wildman–Crippen MR) is 124 cm³/mol. The fraction of sp³-hybridized carbons (Fsp3) is 0.292. The van der Waals surface area contributed by atoms with Crippen LogP contribution in [0, 0.1) is 6.92 Å². The van der Waals surface area contributed by atoms with E-state index in [0.29, 0.717) is 27.9 Å². The van der Waals surface area contributed by atoms with Crippen molar-refractivity contribution in [2.45, 2.75) is 39.8 Å². The number of benzene rings is 2. The summed E-state index contributed by atoms with van der Waals surface area (Å²) in [7, 11) is 1.56. The van der Waals surface area contributed by atoms with Crippen molar-refractivity contribution in [2.24, 2.45) is 0 Å². The van der Waals surface area contributed by atoms with Crippen molar-refractivity contribution < 1.29 is 14.3 Å². The molecule has 0 saturated carbocycles. The SMILES string of the molecule is COc1cc(C(C)NC(=O)c2nn(-c3ccc(Cl)cc3)c(C)cc2=O)ccc1OC(C)C. The molecular formula is C24H26ClN3O4. The Kier molecular flexibility index (Phi) is 7.20. The number of carbonyl (C=O) groups is 1. The van der Waals surface area contributed by atoms with Crippen LogP contribution in [0.1, 0.15) is 48.6 Å². The van der Waals surface area contributed by atoms with Crippen molar-refractivity contribution in [3.63, 3.8) is 0 Å². The van der Waals surface area contributed by atoms with Gasteiger partial charge in [-0.2, -0.15) is 5.10 Å². The normalized spacial score (nSPS) is 11.8. The molecule has 7 nitrogen and oxygen atoms in total. The molecule has 2 aromatic carbocycles. The summed E-state index contributed by atoms with van der Waals surface area (Å²) >= 11 is 5.96. The van der Waals surface area contributed by atoms with Gasteiger partial charge in [0.1, 0.15) is 0 Å². The molecule has 1 aromatic heterocycles. The van der Waals surface area contributed by atoms with Crippen LogP contribution in [0.25, 0.3) is 5.69 Å². The number of aryl methyl sites for hydroxylation is 1. The van der Waals surface area contributed by atoms with Crippen molar-refractivity contribution in [1.29, 1.82) is 0 Å². The van der Waals surface area contributed by atoms with E-state index in [2.05, 4.69) is 10.4 Å². The third-order valence-corrected chi connectivity index (χ3v) is 5.04. The van der Waals surface area contributed by atoms with Crippen LogP contribution in [-0.2, 0) is 0 Å². The first kappa shape index (κ1) is 23.3. The quantitative estimate of drug-likeness (QED) is 0.568. The van der Waals surface area contributed by atoms with Crippen LogP contribution in [0.5, 0.6) is 11.5 Å².